The first kappa shape index (κ1) is 20.5. The summed E-state index contributed by atoms with van der Waals surface area (Å²) >= 11 is 0. The van der Waals surface area contributed by atoms with Crippen molar-refractivity contribution in [2.75, 3.05) is 0 Å². The van der Waals surface area contributed by atoms with Crippen molar-refractivity contribution in [2.45, 2.75) is 38.5 Å². The van der Waals surface area contributed by atoms with Crippen molar-refractivity contribution in [3.8, 4) is 0 Å². The summed E-state index contributed by atoms with van der Waals surface area (Å²) < 4.78 is 5.29. The second kappa shape index (κ2) is 9.78. The molecule has 1 unspecified atom stereocenters. The van der Waals surface area contributed by atoms with Gasteiger partial charge in [0.15, 0.2) is 5.78 Å². The van der Waals surface area contributed by atoms with Gasteiger partial charge in [-0.3, -0.25) is 4.79 Å². The summed E-state index contributed by atoms with van der Waals surface area (Å²) in [5.41, 5.74) is 3.14. The van der Waals surface area contributed by atoms with Gasteiger partial charge in [-0.15, -0.1) is 4.91 Å². The number of allylic oxidation sites excluding steroid dienone is 2. The van der Waals surface area contributed by atoms with E-state index < -0.39 is 0 Å². The van der Waals surface area contributed by atoms with Crippen LogP contribution in [0.15, 0.2) is 88.7 Å². The van der Waals surface area contributed by atoms with E-state index in [2.05, 4.69) is 5.18 Å². The van der Waals surface area contributed by atoms with Crippen LogP contribution in [0.5, 0.6) is 0 Å². The minimum atomic E-state index is -0.233. The van der Waals surface area contributed by atoms with E-state index in [1.165, 1.54) is 0 Å². The molecule has 1 aromatic heterocycles. The number of carbonyl (C=O) groups is 1. The van der Waals surface area contributed by atoms with Crippen LogP contribution in [0.1, 0.15) is 54.6 Å². The van der Waals surface area contributed by atoms with Gasteiger partial charge in [0.05, 0.1) is 6.26 Å². The Kier molecular flexibility index (Phi) is 6.90. The zero-order valence-corrected chi connectivity index (χ0v) is 16.7. The van der Waals surface area contributed by atoms with Crippen LogP contribution in [-0.2, 0) is 11.2 Å². The van der Waals surface area contributed by atoms with Crippen LogP contribution in [0.2, 0.25) is 0 Å². The molecule has 0 aliphatic heterocycles. The van der Waals surface area contributed by atoms with Gasteiger partial charge in [-0.1, -0.05) is 68.5 Å². The van der Waals surface area contributed by atoms with Crippen LogP contribution in [-0.4, -0.2) is 5.78 Å². The molecule has 0 aliphatic carbocycles. The van der Waals surface area contributed by atoms with E-state index in [-0.39, 0.29) is 24.0 Å². The second-order valence-corrected chi connectivity index (χ2v) is 7.35. The average molecular weight is 387 g/mol. The highest BCUT2D eigenvalue weighted by atomic mass is 16.3. The van der Waals surface area contributed by atoms with E-state index in [4.69, 9.17) is 4.42 Å². The molecule has 4 heteroatoms. The summed E-state index contributed by atoms with van der Waals surface area (Å²) in [4.78, 5) is 24.4. The minimum absolute atomic E-state index is 0.00259. The van der Waals surface area contributed by atoms with Crippen molar-refractivity contribution >= 4 is 11.5 Å². The lowest BCUT2D eigenvalue weighted by molar-refractivity contribution is -0.114. The molecule has 0 spiro atoms. The van der Waals surface area contributed by atoms with Gasteiger partial charge in [-0.25, -0.2) is 0 Å². The molecule has 0 radical (unpaired) electrons. The van der Waals surface area contributed by atoms with Crippen molar-refractivity contribution in [1.82, 2.24) is 0 Å². The van der Waals surface area contributed by atoms with Gasteiger partial charge < -0.3 is 4.42 Å². The van der Waals surface area contributed by atoms with Gasteiger partial charge in [0.25, 0.3) is 0 Å². The SMILES string of the molecule is CC(C)c1cccc(C(CC(=O)C=CCc2ccco2)c2ccccc2)c1N=O. The van der Waals surface area contributed by atoms with Crippen molar-refractivity contribution in [3.05, 3.63) is 106 Å². The predicted octanol–water partition coefficient (Wildman–Crippen LogP) is 6.69. The lowest BCUT2D eigenvalue weighted by Gasteiger charge is -2.20. The van der Waals surface area contributed by atoms with Crippen LogP contribution < -0.4 is 0 Å². The van der Waals surface area contributed by atoms with E-state index in [0.29, 0.717) is 12.1 Å². The number of hydrogen-bond acceptors (Lipinski definition) is 4. The Balaban J connectivity index is 1.90. The Bertz CT molecular complexity index is 973. The molecule has 0 amide bonds. The molecule has 148 valence electrons. The monoisotopic (exact) mass is 387 g/mol. The summed E-state index contributed by atoms with van der Waals surface area (Å²) in [5, 5.41) is 3.35. The number of benzene rings is 2. The molecular weight excluding hydrogens is 362 g/mol. The van der Waals surface area contributed by atoms with Crippen molar-refractivity contribution in [3.63, 3.8) is 0 Å². The third-order valence-corrected chi connectivity index (χ3v) is 5.00. The van der Waals surface area contributed by atoms with Crippen molar-refractivity contribution in [2.24, 2.45) is 5.18 Å². The zero-order chi connectivity index (χ0) is 20.6. The lowest BCUT2D eigenvalue weighted by Crippen LogP contribution is -2.08. The Morgan fingerprint density at radius 2 is 1.76 bits per heavy atom. The normalized spacial score (nSPS) is 12.4. The fraction of sp³-hybridized carbons (Fsp3) is 0.240. The summed E-state index contributed by atoms with van der Waals surface area (Å²) in [6.07, 6.45) is 5.86. The van der Waals surface area contributed by atoms with E-state index >= 15 is 0 Å². The topological polar surface area (TPSA) is 59.6 Å². The molecule has 0 fully saturated rings. The molecule has 1 heterocycles. The smallest absolute Gasteiger partial charge is 0.156 e. The first-order chi connectivity index (χ1) is 14.1. The molecule has 0 saturated heterocycles. The molecule has 0 saturated carbocycles. The van der Waals surface area contributed by atoms with Gasteiger partial charge in [-0.05, 0) is 46.0 Å². The number of nitrogens with zero attached hydrogens (tertiary/aromatic N) is 1. The molecule has 3 aromatic rings. The van der Waals surface area contributed by atoms with Crippen LogP contribution in [0.25, 0.3) is 0 Å². The van der Waals surface area contributed by atoms with Crippen molar-refractivity contribution < 1.29 is 9.21 Å². The van der Waals surface area contributed by atoms with Gasteiger partial charge in [0.1, 0.15) is 11.4 Å². The largest absolute Gasteiger partial charge is 0.469 e. The number of hydrogen-bond donors (Lipinski definition) is 0. The number of furan rings is 1. The molecule has 0 N–H and O–H groups in total. The zero-order valence-electron chi connectivity index (χ0n) is 16.7. The number of rotatable bonds is 9. The van der Waals surface area contributed by atoms with E-state index in [1.54, 1.807) is 12.3 Å². The highest BCUT2D eigenvalue weighted by Gasteiger charge is 2.23. The van der Waals surface area contributed by atoms with Crippen molar-refractivity contribution in [1.29, 1.82) is 0 Å². The number of carbonyl (C=O) groups excluding carboxylic acids is 1. The minimum Gasteiger partial charge on any atom is -0.469 e. The summed E-state index contributed by atoms with van der Waals surface area (Å²) in [7, 11) is 0. The van der Waals surface area contributed by atoms with Gasteiger partial charge in [0, 0.05) is 18.8 Å². The molecular formula is C25H25NO3. The average Bonchev–Trinajstić information content (AvgIpc) is 3.25. The molecule has 0 aliphatic rings. The maximum atomic E-state index is 12.7. The van der Waals surface area contributed by atoms with E-state index in [9.17, 15) is 9.70 Å². The Morgan fingerprint density at radius 1 is 1.00 bits per heavy atom. The Labute approximate surface area is 171 Å². The van der Waals surface area contributed by atoms with Gasteiger partial charge in [-0.2, -0.15) is 0 Å². The molecule has 3 rings (SSSR count). The third-order valence-electron chi connectivity index (χ3n) is 5.00. The number of ketones is 1. The third kappa shape index (κ3) is 5.17. The molecule has 4 nitrogen and oxygen atoms in total. The van der Waals surface area contributed by atoms with Gasteiger partial charge in [0.2, 0.25) is 0 Å². The molecule has 29 heavy (non-hydrogen) atoms. The van der Waals surface area contributed by atoms with Crippen LogP contribution in [0, 0.1) is 4.91 Å². The fourth-order valence-electron chi connectivity index (χ4n) is 3.53. The summed E-state index contributed by atoms with van der Waals surface area (Å²) in [5.74, 6) is 0.745. The summed E-state index contributed by atoms with van der Waals surface area (Å²) in [6.45, 7) is 4.07. The second-order valence-electron chi connectivity index (χ2n) is 7.35. The van der Waals surface area contributed by atoms with E-state index in [1.807, 2.05) is 80.6 Å². The fourth-order valence-corrected chi connectivity index (χ4v) is 3.53. The molecule has 2 aromatic carbocycles. The standard InChI is InChI=1S/C25H25NO3/c1-18(2)22-14-7-15-23(25(22)26-28)24(19-9-4-3-5-10-19)17-20(27)11-6-12-21-13-8-16-29-21/h3-11,13-16,18,24H,12,17H2,1-2H3. The van der Waals surface area contributed by atoms with E-state index in [0.717, 1.165) is 22.5 Å². The first-order valence-electron chi connectivity index (χ1n) is 9.83. The van der Waals surface area contributed by atoms with Crippen LogP contribution in [0.4, 0.5) is 5.69 Å². The first-order valence-corrected chi connectivity index (χ1v) is 9.83. The van der Waals surface area contributed by atoms with Gasteiger partial charge >= 0.3 is 0 Å². The Morgan fingerprint density at radius 3 is 2.41 bits per heavy atom. The highest BCUT2D eigenvalue weighted by Crippen LogP contribution is 2.39. The number of nitroso groups, excluding NO2 is 1. The van der Waals surface area contributed by atoms with Crippen LogP contribution in [0.3, 0.4) is 0 Å². The molecule has 0 bridgehead atoms. The lowest BCUT2D eigenvalue weighted by atomic mass is 9.84. The van der Waals surface area contributed by atoms with Crippen LogP contribution >= 0.6 is 0 Å². The highest BCUT2D eigenvalue weighted by molar-refractivity contribution is 5.90. The Hall–Kier alpha value is -3.27. The maximum absolute atomic E-state index is 12.7. The predicted molar refractivity (Wildman–Crippen MR) is 115 cm³/mol. The summed E-state index contributed by atoms with van der Waals surface area (Å²) in [6, 6.07) is 19.3. The maximum Gasteiger partial charge on any atom is 0.156 e. The quantitative estimate of drug-likeness (QED) is 0.303. The molecule has 1 atom stereocenters.